The van der Waals surface area contributed by atoms with Crippen molar-refractivity contribution in [3.8, 4) is 0 Å². The third kappa shape index (κ3) is 4.59. The summed E-state index contributed by atoms with van der Waals surface area (Å²) >= 11 is 0. The molecule has 0 aliphatic heterocycles. The number of nitrogens with zero attached hydrogens (tertiary/aromatic N) is 2. The Morgan fingerprint density at radius 2 is 2.08 bits per heavy atom. The quantitative estimate of drug-likeness (QED) is 0.806. The van der Waals surface area contributed by atoms with E-state index in [2.05, 4.69) is 10.4 Å². The molecule has 1 aliphatic rings. The Hall–Kier alpha value is -2.83. The highest BCUT2D eigenvalue weighted by Crippen LogP contribution is 2.35. The van der Waals surface area contributed by atoms with Gasteiger partial charge in [-0.2, -0.15) is 5.10 Å². The van der Waals surface area contributed by atoms with E-state index < -0.39 is 18.1 Å². The molecule has 1 saturated carbocycles. The molecule has 2 aromatic rings. The van der Waals surface area contributed by atoms with Gasteiger partial charge in [-0.3, -0.25) is 4.68 Å². The molecule has 2 N–H and O–H groups in total. The Balaban J connectivity index is 1.52. The molecular weight excluding hydrogens is 322 g/mol. The first-order valence-electron chi connectivity index (χ1n) is 8.34. The molecule has 1 aromatic carbocycles. The topological polar surface area (TPSA) is 93.5 Å². The van der Waals surface area contributed by atoms with E-state index in [9.17, 15) is 14.7 Å². The van der Waals surface area contributed by atoms with Crippen LogP contribution in [0.25, 0.3) is 0 Å². The van der Waals surface area contributed by atoms with Crippen molar-refractivity contribution in [1.82, 2.24) is 15.1 Å². The first-order valence-corrected chi connectivity index (χ1v) is 8.34. The number of hydrogen-bond donors (Lipinski definition) is 2. The van der Waals surface area contributed by atoms with E-state index in [-0.39, 0.29) is 13.2 Å². The van der Waals surface area contributed by atoms with Crippen LogP contribution < -0.4 is 5.32 Å². The molecule has 1 aromatic heterocycles. The third-order valence-corrected chi connectivity index (χ3v) is 4.40. The van der Waals surface area contributed by atoms with Crippen LogP contribution in [0.4, 0.5) is 4.79 Å². The van der Waals surface area contributed by atoms with Gasteiger partial charge in [0.1, 0.15) is 12.6 Å². The van der Waals surface area contributed by atoms with Gasteiger partial charge >= 0.3 is 12.1 Å². The van der Waals surface area contributed by atoms with Crippen molar-refractivity contribution >= 4 is 12.1 Å². The smallest absolute Gasteiger partial charge is 0.408 e. The van der Waals surface area contributed by atoms with Gasteiger partial charge in [-0.05, 0) is 29.9 Å². The second-order valence-corrected chi connectivity index (χ2v) is 6.22. The molecule has 1 heterocycles. The molecule has 132 valence electrons. The maximum Gasteiger partial charge on any atom is 0.408 e. The Morgan fingerprint density at radius 1 is 1.32 bits per heavy atom. The number of rotatable bonds is 7. The largest absolute Gasteiger partial charge is 0.480 e. The van der Waals surface area contributed by atoms with E-state index >= 15 is 0 Å². The van der Waals surface area contributed by atoms with Crippen LogP contribution >= 0.6 is 0 Å². The molecule has 1 fully saturated rings. The van der Waals surface area contributed by atoms with E-state index in [0.29, 0.717) is 5.92 Å². The summed E-state index contributed by atoms with van der Waals surface area (Å²) in [5.74, 6) is -0.599. The third-order valence-electron chi connectivity index (χ3n) is 4.40. The Bertz CT molecular complexity index is 725. The standard InChI is InChI=1S/C18H21N3O4/c22-17(23)16(11-21-10-15(9-19-21)14-7-4-8-14)20-18(24)25-12-13-5-2-1-3-6-13/h1-3,5-6,9-10,14,16H,4,7-8,11-12H2,(H,20,24)(H,22,23). The highest BCUT2D eigenvalue weighted by Gasteiger charge is 2.24. The number of benzene rings is 1. The maximum absolute atomic E-state index is 11.9. The molecule has 0 spiro atoms. The van der Waals surface area contributed by atoms with Gasteiger partial charge in [-0.1, -0.05) is 36.8 Å². The number of carbonyl (C=O) groups excluding carboxylic acids is 1. The van der Waals surface area contributed by atoms with E-state index in [4.69, 9.17) is 4.74 Å². The van der Waals surface area contributed by atoms with Gasteiger partial charge in [-0.25, -0.2) is 9.59 Å². The number of nitrogens with one attached hydrogen (secondary N) is 1. The van der Waals surface area contributed by atoms with Gasteiger partial charge in [0.15, 0.2) is 0 Å². The van der Waals surface area contributed by atoms with Gasteiger partial charge in [0.2, 0.25) is 0 Å². The lowest BCUT2D eigenvalue weighted by atomic mass is 9.81. The van der Waals surface area contributed by atoms with E-state index in [1.54, 1.807) is 10.9 Å². The summed E-state index contributed by atoms with van der Waals surface area (Å²) in [5.41, 5.74) is 1.96. The zero-order valence-electron chi connectivity index (χ0n) is 13.8. The number of carboxylic acids is 1. The second kappa shape index (κ2) is 7.83. The number of aliphatic carboxylic acids is 1. The number of ether oxygens (including phenoxy) is 1. The first kappa shape index (κ1) is 17.0. The van der Waals surface area contributed by atoms with Gasteiger partial charge < -0.3 is 15.2 Å². The maximum atomic E-state index is 11.9. The minimum atomic E-state index is -1.13. The molecule has 7 heteroatoms. The molecule has 25 heavy (non-hydrogen) atoms. The van der Waals surface area contributed by atoms with Crippen LogP contribution in [0.15, 0.2) is 42.7 Å². The summed E-state index contributed by atoms with van der Waals surface area (Å²) in [6.07, 6.45) is 6.40. The molecule has 1 aliphatic carbocycles. The van der Waals surface area contributed by atoms with Gasteiger partial charge in [-0.15, -0.1) is 0 Å². The van der Waals surface area contributed by atoms with Crippen molar-refractivity contribution in [1.29, 1.82) is 0 Å². The van der Waals surface area contributed by atoms with E-state index in [1.807, 2.05) is 36.5 Å². The molecule has 3 rings (SSSR count). The zero-order valence-corrected chi connectivity index (χ0v) is 13.8. The van der Waals surface area contributed by atoms with Crippen LogP contribution in [0.5, 0.6) is 0 Å². The summed E-state index contributed by atoms with van der Waals surface area (Å²) in [7, 11) is 0. The van der Waals surface area contributed by atoms with Gasteiger partial charge in [0.25, 0.3) is 0 Å². The lowest BCUT2D eigenvalue weighted by Crippen LogP contribution is -2.44. The first-order chi connectivity index (χ1) is 12.1. The van der Waals surface area contributed by atoms with Crippen LogP contribution in [0, 0.1) is 0 Å². The van der Waals surface area contributed by atoms with E-state index in [1.165, 1.54) is 6.42 Å². The predicted molar refractivity (Wildman–Crippen MR) is 90.0 cm³/mol. The normalized spacial score (nSPS) is 15.2. The highest BCUT2D eigenvalue weighted by molar-refractivity contribution is 5.79. The number of aromatic nitrogens is 2. The fourth-order valence-electron chi connectivity index (χ4n) is 2.71. The minimum absolute atomic E-state index is 0.0580. The Morgan fingerprint density at radius 3 is 2.72 bits per heavy atom. The fourth-order valence-corrected chi connectivity index (χ4v) is 2.71. The monoisotopic (exact) mass is 343 g/mol. The van der Waals surface area contributed by atoms with Crippen molar-refractivity contribution in [2.45, 2.75) is 44.4 Å². The summed E-state index contributed by atoms with van der Waals surface area (Å²) in [4.78, 5) is 23.3. The summed E-state index contributed by atoms with van der Waals surface area (Å²) in [6, 6.07) is 8.10. The highest BCUT2D eigenvalue weighted by atomic mass is 16.5. The number of carboxylic acid groups (broad SMARTS) is 1. The van der Waals surface area contributed by atoms with Gasteiger partial charge in [0.05, 0.1) is 12.7 Å². The SMILES string of the molecule is O=C(NC(Cn1cc(C2CCC2)cn1)C(=O)O)OCc1ccccc1. The van der Waals surface area contributed by atoms with Gasteiger partial charge in [0, 0.05) is 6.20 Å². The second-order valence-electron chi connectivity index (χ2n) is 6.22. The molecule has 7 nitrogen and oxygen atoms in total. The Kier molecular flexibility index (Phi) is 5.33. The zero-order chi connectivity index (χ0) is 17.6. The van der Waals surface area contributed by atoms with Crippen molar-refractivity contribution in [2.24, 2.45) is 0 Å². The Labute approximate surface area is 145 Å². The molecule has 1 amide bonds. The summed E-state index contributed by atoms with van der Waals surface area (Å²) < 4.78 is 6.63. The number of alkyl carbamates (subject to hydrolysis) is 1. The molecule has 0 radical (unpaired) electrons. The van der Waals surface area contributed by atoms with Crippen LogP contribution in [0.1, 0.15) is 36.3 Å². The molecular formula is C18H21N3O4. The molecule has 1 atom stereocenters. The fraction of sp³-hybridized carbons (Fsp3) is 0.389. The van der Waals surface area contributed by atoms with Crippen LogP contribution in [0.2, 0.25) is 0 Å². The van der Waals surface area contributed by atoms with Crippen LogP contribution in [0.3, 0.4) is 0 Å². The molecule has 0 saturated heterocycles. The van der Waals surface area contributed by atoms with Crippen LogP contribution in [-0.2, 0) is 22.7 Å². The summed E-state index contributed by atoms with van der Waals surface area (Å²) in [6.45, 7) is 0.148. The van der Waals surface area contributed by atoms with E-state index in [0.717, 1.165) is 24.0 Å². The van der Waals surface area contributed by atoms with Crippen molar-refractivity contribution in [3.63, 3.8) is 0 Å². The number of amides is 1. The lowest BCUT2D eigenvalue weighted by molar-refractivity contribution is -0.139. The molecule has 1 unspecified atom stereocenters. The van der Waals surface area contributed by atoms with Crippen molar-refractivity contribution < 1.29 is 19.4 Å². The number of carbonyl (C=O) groups is 2. The van der Waals surface area contributed by atoms with Crippen LogP contribution in [-0.4, -0.2) is 33.0 Å². The average molecular weight is 343 g/mol. The number of hydrogen-bond acceptors (Lipinski definition) is 4. The van der Waals surface area contributed by atoms with Crippen molar-refractivity contribution in [3.05, 3.63) is 53.9 Å². The minimum Gasteiger partial charge on any atom is -0.480 e. The predicted octanol–water partition coefficient (Wildman–Crippen LogP) is 2.53. The summed E-state index contributed by atoms with van der Waals surface area (Å²) in [5, 5.41) is 15.9. The molecule has 0 bridgehead atoms. The average Bonchev–Trinajstić information content (AvgIpc) is 2.99. The lowest BCUT2D eigenvalue weighted by Gasteiger charge is -2.23. The van der Waals surface area contributed by atoms with Crippen molar-refractivity contribution in [2.75, 3.05) is 0 Å².